The van der Waals surface area contributed by atoms with Crippen LogP contribution in [-0.2, 0) is 52.5 Å². The van der Waals surface area contributed by atoms with Gasteiger partial charge in [0.25, 0.3) is 0 Å². The van der Waals surface area contributed by atoms with Gasteiger partial charge in [0.2, 0.25) is 11.5 Å². The molecule has 23 nitrogen and oxygen atoms in total. The van der Waals surface area contributed by atoms with Crippen LogP contribution >= 0.6 is 0 Å². The van der Waals surface area contributed by atoms with E-state index in [-0.39, 0.29) is 37.2 Å². The number of aliphatic hydroxyl groups is 3. The van der Waals surface area contributed by atoms with Crippen LogP contribution < -0.4 is 0 Å². The Morgan fingerprint density at radius 1 is 0.300 bits per heavy atom. The maximum Gasteiger partial charge on any atom is 0.371 e. The summed E-state index contributed by atoms with van der Waals surface area (Å²) < 4.78 is 56.3. The Morgan fingerprint density at radius 3 is 0.950 bits per heavy atom. The molecular formula is C96H79FN10O13. The predicted molar refractivity (Wildman–Crippen MR) is 453 cm³/mol. The van der Waals surface area contributed by atoms with E-state index in [0.29, 0.717) is 101 Å². The van der Waals surface area contributed by atoms with Gasteiger partial charge in [0.05, 0.1) is 54.8 Å². The number of hydrogen-bond acceptors (Lipinski definition) is 16. The van der Waals surface area contributed by atoms with Crippen molar-refractivity contribution in [2.24, 2.45) is 0 Å². The Morgan fingerprint density at radius 2 is 0.600 bits per heavy atom. The number of carbonyl (C=O) groups is 2. The molecule has 0 spiro atoms. The van der Waals surface area contributed by atoms with E-state index in [1.807, 2.05) is 201 Å². The number of nitrogens with zero attached hydrogens (tertiary/aromatic N) is 10. The van der Waals surface area contributed by atoms with E-state index < -0.39 is 11.9 Å². The molecular weight excluding hydrogens is 1520 g/mol. The Kier molecular flexibility index (Phi) is 23.2. The topological polar surface area (TPSA) is 303 Å². The van der Waals surface area contributed by atoms with Gasteiger partial charge in [0.1, 0.15) is 77.0 Å². The summed E-state index contributed by atoms with van der Waals surface area (Å²) in [7, 11) is 0. The number of aromatic carboxylic acids is 2. The molecule has 11 heterocycles. The number of fused-ring (bicyclic) bond motifs is 5. The summed E-state index contributed by atoms with van der Waals surface area (Å²) in [6.07, 6.45) is 0. The number of para-hydroxylation sites is 2. The minimum atomic E-state index is -1.09. The summed E-state index contributed by atoms with van der Waals surface area (Å²) in [6.45, 7) is 8.80. The zero-order valence-electron chi connectivity index (χ0n) is 65.3. The lowest BCUT2D eigenvalue weighted by atomic mass is 10.1. The number of furan rings is 6. The molecule has 0 amide bonds. The zero-order chi connectivity index (χ0) is 82.8. The Balaban J connectivity index is 0.000000112. The maximum absolute atomic E-state index is 13.1. The van der Waals surface area contributed by atoms with Crippen LogP contribution in [0.5, 0.6) is 0 Å². The van der Waals surface area contributed by atoms with Crippen LogP contribution in [0, 0.1) is 26.6 Å². The third-order valence-corrected chi connectivity index (χ3v) is 19.9. The van der Waals surface area contributed by atoms with Gasteiger partial charge in [-0.25, -0.2) is 14.0 Å². The van der Waals surface area contributed by atoms with E-state index in [1.165, 1.54) is 35.4 Å². The molecule has 0 saturated heterocycles. The van der Waals surface area contributed by atoms with Crippen molar-refractivity contribution in [1.82, 2.24) is 48.9 Å². The van der Waals surface area contributed by atoms with E-state index in [1.54, 1.807) is 48.5 Å². The van der Waals surface area contributed by atoms with Crippen molar-refractivity contribution in [2.45, 2.75) is 73.3 Å². The molecule has 598 valence electrons. The average molecular weight is 1600 g/mol. The van der Waals surface area contributed by atoms with Crippen molar-refractivity contribution >= 4 is 66.7 Å². The van der Waals surface area contributed by atoms with Gasteiger partial charge in [-0.1, -0.05) is 194 Å². The quantitative estimate of drug-likeness (QED) is 0.0473. The van der Waals surface area contributed by atoms with Crippen molar-refractivity contribution in [3.05, 3.63) is 377 Å². The van der Waals surface area contributed by atoms with Crippen molar-refractivity contribution in [1.29, 1.82) is 0 Å². The lowest BCUT2D eigenvalue weighted by Gasteiger charge is -2.04. The van der Waals surface area contributed by atoms with E-state index in [2.05, 4.69) is 82.9 Å². The monoisotopic (exact) mass is 1600 g/mol. The van der Waals surface area contributed by atoms with Gasteiger partial charge < -0.3 is 52.0 Å². The maximum atomic E-state index is 13.1. The van der Waals surface area contributed by atoms with Gasteiger partial charge in [0.15, 0.2) is 40.1 Å². The molecule has 9 aromatic carbocycles. The van der Waals surface area contributed by atoms with E-state index in [4.69, 9.17) is 46.9 Å². The number of hydrogen-bond donors (Lipinski definition) is 5. The standard InChI is InChI=1S/C20H16N2O3.C20H18N2O2.C19H15FN2O2.C19H14N2O3.C18H16N2O3/c1-13-7-8-15-16(11-13)22(12-14-5-3-2-4-6-14)21-19(15)17-9-10-18(25-17)20(23)24;1-14-7-9-17-18(11-14)22(12-15-5-3-2-4-6-15)21-20(17)19-10-8-16(13-23)24-19;20-14-7-5-13(6-8-14)11-22-17-4-2-1-3-16(17)19(21-22)18-10-9-15(12-23)24-18;22-19(23)17-11-10-16(24-17)18-14-8-4-5-9-15(14)21(20-18)12-13-6-2-1-3-7-13;1-12-9-15-18(22-12)17(16-8-7-14(11-21)23-16)19-20(15)10-13-5-3-2-4-6-13/h2-11H,12H2,1H3,(H,23,24);2-11,23H,12-13H2,1H3;1-10,23H,11-12H2;1-11H,12H2,(H,22,23);2-9,21H,10-11H2,1H3. The first-order valence-electron chi connectivity index (χ1n) is 38.6. The first-order chi connectivity index (χ1) is 58.6. The lowest BCUT2D eigenvalue weighted by molar-refractivity contribution is 0.0653. The number of carboxylic acids is 2. The summed E-state index contributed by atoms with van der Waals surface area (Å²) in [5, 5.41) is 73.1. The number of halogens is 1. The Bertz CT molecular complexity index is 6920. The molecule has 20 aromatic rings. The van der Waals surface area contributed by atoms with Gasteiger partial charge >= 0.3 is 11.9 Å². The first kappa shape index (κ1) is 78.6. The molecule has 0 unspecified atom stereocenters. The molecule has 0 aliphatic carbocycles. The van der Waals surface area contributed by atoms with Crippen molar-refractivity contribution in [2.75, 3.05) is 0 Å². The summed E-state index contributed by atoms with van der Waals surface area (Å²) in [4.78, 5) is 22.1. The van der Waals surface area contributed by atoms with Gasteiger partial charge in [-0.05, 0) is 157 Å². The van der Waals surface area contributed by atoms with Gasteiger partial charge in [-0.3, -0.25) is 23.4 Å². The normalized spacial score (nSPS) is 11.2. The molecule has 120 heavy (non-hydrogen) atoms. The molecule has 0 atom stereocenters. The van der Waals surface area contributed by atoms with E-state index in [0.717, 1.165) is 94.1 Å². The minimum absolute atomic E-state index is 0.0899. The van der Waals surface area contributed by atoms with Crippen LogP contribution in [-0.4, -0.2) is 86.4 Å². The molecule has 0 radical (unpaired) electrons. The van der Waals surface area contributed by atoms with Crippen molar-refractivity contribution in [3.8, 4) is 57.3 Å². The molecule has 5 N–H and O–H groups in total. The highest BCUT2D eigenvalue weighted by Gasteiger charge is 2.24. The molecule has 0 aliphatic rings. The smallest absolute Gasteiger partial charge is 0.371 e. The summed E-state index contributed by atoms with van der Waals surface area (Å²) in [6, 6.07) is 94.0. The number of aromatic nitrogens is 10. The first-order valence-corrected chi connectivity index (χ1v) is 38.6. The number of benzene rings is 9. The van der Waals surface area contributed by atoms with Crippen LogP contribution in [0.25, 0.3) is 112 Å². The number of rotatable bonds is 20. The fourth-order valence-electron chi connectivity index (χ4n) is 14.1. The summed E-state index contributed by atoms with van der Waals surface area (Å²) >= 11 is 0. The lowest BCUT2D eigenvalue weighted by Crippen LogP contribution is -2.01. The van der Waals surface area contributed by atoms with Crippen LogP contribution in [0.1, 0.15) is 83.1 Å². The third-order valence-electron chi connectivity index (χ3n) is 19.9. The molecule has 0 bridgehead atoms. The second-order valence-corrected chi connectivity index (χ2v) is 28.5. The molecule has 24 heteroatoms. The van der Waals surface area contributed by atoms with Gasteiger partial charge in [-0.2, -0.15) is 25.5 Å². The minimum Gasteiger partial charge on any atom is -0.475 e. The molecule has 0 fully saturated rings. The van der Waals surface area contributed by atoms with E-state index >= 15 is 0 Å². The van der Waals surface area contributed by atoms with Crippen molar-refractivity contribution < 1.29 is 66.0 Å². The molecule has 0 aliphatic heterocycles. The van der Waals surface area contributed by atoms with Crippen molar-refractivity contribution in [3.63, 3.8) is 0 Å². The Labute approximate surface area is 685 Å². The zero-order valence-corrected chi connectivity index (χ0v) is 65.3. The molecule has 11 aromatic heterocycles. The van der Waals surface area contributed by atoms with Gasteiger partial charge in [-0.15, -0.1) is 0 Å². The van der Waals surface area contributed by atoms with Crippen LogP contribution in [0.3, 0.4) is 0 Å². The molecule has 0 saturated carbocycles. The van der Waals surface area contributed by atoms with Gasteiger partial charge in [0, 0.05) is 27.6 Å². The Hall–Kier alpha value is -15.2. The van der Waals surface area contributed by atoms with Crippen LogP contribution in [0.4, 0.5) is 4.39 Å². The van der Waals surface area contributed by atoms with Crippen LogP contribution in [0.2, 0.25) is 0 Å². The summed E-state index contributed by atoms with van der Waals surface area (Å²) in [5.41, 5.74) is 17.1. The summed E-state index contributed by atoms with van der Waals surface area (Å²) in [5.74, 6) is 2.58. The largest absolute Gasteiger partial charge is 0.475 e. The third kappa shape index (κ3) is 17.6. The highest BCUT2D eigenvalue weighted by Crippen LogP contribution is 2.37. The molecule has 20 rings (SSSR count). The highest BCUT2D eigenvalue weighted by atomic mass is 19.1. The fourth-order valence-corrected chi connectivity index (χ4v) is 14.1. The average Bonchev–Trinajstić information content (AvgIpc) is 1.64. The van der Waals surface area contributed by atoms with Crippen LogP contribution in [0.15, 0.2) is 324 Å². The number of carboxylic acid groups (broad SMARTS) is 2. The number of aliphatic hydroxyl groups excluding tert-OH is 3. The second-order valence-electron chi connectivity index (χ2n) is 28.5. The second kappa shape index (κ2) is 35.5. The SMILES string of the molecule is Cc1cc2c(o1)c(-c1ccc(CO)o1)nn2Cc1ccccc1.Cc1ccc2c(-c3ccc(C(=O)O)o3)nn(Cc3ccccc3)c2c1.Cc1ccc2c(-c3ccc(CO)o3)nn(Cc3ccccc3)c2c1.O=C(O)c1ccc(-c2nn(Cc3ccccc3)c3ccccc23)o1.OCc1ccc(-c2nn(Cc3ccc(F)cc3)c3ccccc23)o1. The fraction of sp³-hybridized carbons (Fsp3) is 0.115. The highest BCUT2D eigenvalue weighted by molar-refractivity contribution is 5.96. The number of aryl methyl sites for hydroxylation is 3. The predicted octanol–water partition coefficient (Wildman–Crippen LogP) is 20.3. The van der Waals surface area contributed by atoms with E-state index in [9.17, 15) is 29.3 Å².